The Kier molecular flexibility index (Phi) is 7.02. The molecule has 0 unspecified atom stereocenters. The molecule has 40 heavy (non-hydrogen) atoms. The number of thiophene rings is 1. The van der Waals surface area contributed by atoms with Crippen LogP contribution in [0.4, 0.5) is 20.7 Å². The highest BCUT2D eigenvalue weighted by atomic mass is 32.1. The summed E-state index contributed by atoms with van der Waals surface area (Å²) in [5, 5.41) is 13.0. The SMILES string of the molecule is CN(C)C(=O)O[C@@H]1CN[C@H](C#Cc2cc3c(Nc4ccc5c(cnn5Cc5cccc(F)c5)c4)ncnc3s2)C1. The molecular weight excluding hydrogens is 529 g/mol. The van der Waals surface area contributed by atoms with Crippen molar-refractivity contribution in [1.29, 1.82) is 0 Å². The standard InChI is InChI=1S/C29H26FN7O2S/c1-36(2)29(38)39-23-12-21(31-15-23)6-8-24-13-25-27(32-17-33-28(25)40-24)35-22-7-9-26-19(11-22)14-34-37(26)16-18-4-3-5-20(30)10-18/h3-5,7,9-11,13-14,17,21,23,31H,12,15-16H2,1-2H3,(H,32,33,35)/t21-,23+/m1/s1. The molecule has 0 radical (unpaired) electrons. The molecule has 1 aliphatic heterocycles. The normalized spacial score (nSPS) is 16.6. The molecule has 3 aromatic heterocycles. The number of fused-ring (bicyclic) bond motifs is 2. The summed E-state index contributed by atoms with van der Waals surface area (Å²) >= 11 is 1.50. The number of halogens is 1. The highest BCUT2D eigenvalue weighted by molar-refractivity contribution is 7.19. The monoisotopic (exact) mass is 555 g/mol. The van der Waals surface area contributed by atoms with E-state index in [9.17, 15) is 9.18 Å². The first-order valence-electron chi connectivity index (χ1n) is 12.8. The first-order chi connectivity index (χ1) is 19.4. The first-order valence-corrected chi connectivity index (χ1v) is 13.6. The fourth-order valence-electron chi connectivity index (χ4n) is 4.56. The third-order valence-electron chi connectivity index (χ3n) is 6.55. The van der Waals surface area contributed by atoms with E-state index < -0.39 is 0 Å². The van der Waals surface area contributed by atoms with Gasteiger partial charge in [-0.05, 0) is 42.0 Å². The van der Waals surface area contributed by atoms with Gasteiger partial charge in [0, 0.05) is 38.1 Å². The van der Waals surface area contributed by atoms with E-state index in [4.69, 9.17) is 4.74 Å². The van der Waals surface area contributed by atoms with Crippen LogP contribution in [-0.2, 0) is 11.3 Å². The number of hydrogen-bond donors (Lipinski definition) is 2. The van der Waals surface area contributed by atoms with Crippen LogP contribution >= 0.6 is 11.3 Å². The van der Waals surface area contributed by atoms with Crippen LogP contribution in [0.1, 0.15) is 16.9 Å². The molecule has 11 heteroatoms. The lowest BCUT2D eigenvalue weighted by Gasteiger charge is -2.15. The summed E-state index contributed by atoms with van der Waals surface area (Å²) in [5.41, 5.74) is 2.67. The Morgan fingerprint density at radius 2 is 2.15 bits per heavy atom. The predicted octanol–water partition coefficient (Wildman–Crippen LogP) is 4.75. The van der Waals surface area contributed by atoms with Gasteiger partial charge in [0.05, 0.1) is 34.6 Å². The van der Waals surface area contributed by atoms with Crippen molar-refractivity contribution in [2.45, 2.75) is 25.1 Å². The van der Waals surface area contributed by atoms with Crippen molar-refractivity contribution in [3.8, 4) is 11.8 Å². The lowest BCUT2D eigenvalue weighted by atomic mass is 10.2. The molecule has 1 amide bonds. The molecular formula is C29H26FN7O2S. The Labute approximate surface area is 234 Å². The lowest BCUT2D eigenvalue weighted by Crippen LogP contribution is -2.29. The molecule has 4 heterocycles. The van der Waals surface area contributed by atoms with Crippen LogP contribution in [0.2, 0.25) is 0 Å². The van der Waals surface area contributed by atoms with E-state index in [1.165, 1.54) is 34.7 Å². The number of ether oxygens (including phenoxy) is 1. The van der Waals surface area contributed by atoms with Crippen molar-refractivity contribution in [3.05, 3.63) is 77.3 Å². The van der Waals surface area contributed by atoms with E-state index >= 15 is 0 Å². The van der Waals surface area contributed by atoms with Gasteiger partial charge in [0.1, 0.15) is 28.9 Å². The maximum atomic E-state index is 13.6. The smallest absolute Gasteiger partial charge is 0.409 e. The molecule has 0 aliphatic carbocycles. The predicted molar refractivity (Wildman–Crippen MR) is 153 cm³/mol. The number of aromatic nitrogens is 4. The van der Waals surface area contributed by atoms with Crippen LogP contribution in [-0.4, -0.2) is 63.5 Å². The molecule has 2 aromatic carbocycles. The van der Waals surface area contributed by atoms with E-state index in [1.54, 1.807) is 26.4 Å². The van der Waals surface area contributed by atoms with Crippen LogP contribution in [0.5, 0.6) is 0 Å². The molecule has 0 bridgehead atoms. The molecule has 5 aromatic rings. The van der Waals surface area contributed by atoms with Gasteiger partial charge in [-0.25, -0.2) is 19.2 Å². The molecule has 2 N–H and O–H groups in total. The molecule has 202 valence electrons. The molecule has 0 spiro atoms. The Balaban J connectivity index is 1.16. The highest BCUT2D eigenvalue weighted by Gasteiger charge is 2.26. The minimum Gasteiger partial charge on any atom is -0.445 e. The summed E-state index contributed by atoms with van der Waals surface area (Å²) in [4.78, 5) is 23.8. The summed E-state index contributed by atoms with van der Waals surface area (Å²) < 4.78 is 20.9. The van der Waals surface area contributed by atoms with E-state index in [0.29, 0.717) is 25.3 Å². The second kappa shape index (κ2) is 10.9. The number of amides is 1. The van der Waals surface area contributed by atoms with Gasteiger partial charge >= 0.3 is 6.09 Å². The number of nitrogens with one attached hydrogen (secondary N) is 2. The molecule has 2 atom stereocenters. The largest absolute Gasteiger partial charge is 0.445 e. The topological polar surface area (TPSA) is 97.2 Å². The Bertz CT molecular complexity index is 1770. The molecule has 1 aliphatic rings. The van der Waals surface area contributed by atoms with Crippen molar-refractivity contribution in [1.82, 2.24) is 30.0 Å². The van der Waals surface area contributed by atoms with Crippen LogP contribution in [0.25, 0.3) is 21.1 Å². The molecule has 0 saturated carbocycles. The quantitative estimate of drug-likeness (QED) is 0.302. The number of rotatable bonds is 5. The molecule has 1 saturated heterocycles. The second-order valence-corrected chi connectivity index (χ2v) is 10.8. The average molecular weight is 556 g/mol. The van der Waals surface area contributed by atoms with Crippen molar-refractivity contribution in [2.24, 2.45) is 0 Å². The van der Waals surface area contributed by atoms with E-state index in [0.717, 1.165) is 37.2 Å². The van der Waals surface area contributed by atoms with Gasteiger partial charge in [-0.15, -0.1) is 11.3 Å². The van der Waals surface area contributed by atoms with E-state index in [1.807, 2.05) is 35.0 Å². The second-order valence-electron chi connectivity index (χ2n) is 9.75. The Morgan fingerprint density at radius 3 is 3.00 bits per heavy atom. The zero-order valence-corrected chi connectivity index (χ0v) is 22.7. The minimum absolute atomic E-state index is 0.0533. The summed E-state index contributed by atoms with van der Waals surface area (Å²) in [5.74, 6) is 6.92. The highest BCUT2D eigenvalue weighted by Crippen LogP contribution is 2.30. The van der Waals surface area contributed by atoms with Gasteiger partial charge in [0.15, 0.2) is 0 Å². The number of carbonyl (C=O) groups is 1. The van der Waals surface area contributed by atoms with Crippen LogP contribution < -0.4 is 10.6 Å². The van der Waals surface area contributed by atoms with E-state index in [2.05, 4.69) is 37.5 Å². The third-order valence-corrected chi connectivity index (χ3v) is 7.51. The fourth-order valence-corrected chi connectivity index (χ4v) is 5.42. The van der Waals surface area contributed by atoms with Gasteiger partial charge < -0.3 is 15.0 Å². The number of carbonyl (C=O) groups excluding carboxylic acids is 1. The third kappa shape index (κ3) is 5.59. The van der Waals surface area contributed by atoms with E-state index in [-0.39, 0.29) is 24.1 Å². The zero-order chi connectivity index (χ0) is 27.6. The van der Waals surface area contributed by atoms with Gasteiger partial charge in [-0.2, -0.15) is 5.10 Å². The lowest BCUT2D eigenvalue weighted by molar-refractivity contribution is 0.0826. The summed E-state index contributed by atoms with van der Waals surface area (Å²) in [6.45, 7) is 1.07. The van der Waals surface area contributed by atoms with Crippen molar-refractivity contribution in [2.75, 3.05) is 26.0 Å². The summed E-state index contributed by atoms with van der Waals surface area (Å²) in [6, 6.07) is 14.5. The molecule has 9 nitrogen and oxygen atoms in total. The van der Waals surface area contributed by atoms with Gasteiger partial charge in [0.25, 0.3) is 0 Å². The number of anilines is 2. The molecule has 6 rings (SSSR count). The van der Waals surface area contributed by atoms with Crippen LogP contribution in [0, 0.1) is 17.7 Å². The average Bonchev–Trinajstić information content (AvgIpc) is 3.66. The van der Waals surface area contributed by atoms with Crippen LogP contribution in [0.15, 0.2) is 61.1 Å². The Hall–Kier alpha value is -4.53. The van der Waals surface area contributed by atoms with Crippen molar-refractivity contribution in [3.63, 3.8) is 0 Å². The van der Waals surface area contributed by atoms with Gasteiger partial charge in [0.2, 0.25) is 0 Å². The minimum atomic E-state index is -0.347. The zero-order valence-electron chi connectivity index (χ0n) is 21.9. The van der Waals surface area contributed by atoms with Crippen LogP contribution in [0.3, 0.4) is 0 Å². The number of hydrogen-bond acceptors (Lipinski definition) is 8. The first kappa shape index (κ1) is 25.7. The summed E-state index contributed by atoms with van der Waals surface area (Å²) in [7, 11) is 3.33. The number of benzene rings is 2. The summed E-state index contributed by atoms with van der Waals surface area (Å²) in [6.07, 6.45) is 3.45. The van der Waals surface area contributed by atoms with Gasteiger partial charge in [-0.3, -0.25) is 10.00 Å². The maximum Gasteiger partial charge on any atom is 0.409 e. The molecule has 1 fully saturated rings. The van der Waals surface area contributed by atoms with Gasteiger partial charge in [-0.1, -0.05) is 24.0 Å². The maximum absolute atomic E-state index is 13.6. The Morgan fingerprint density at radius 1 is 1.25 bits per heavy atom. The van der Waals surface area contributed by atoms with Crippen molar-refractivity contribution >= 4 is 50.1 Å². The number of nitrogens with zero attached hydrogens (tertiary/aromatic N) is 5. The van der Waals surface area contributed by atoms with Crippen molar-refractivity contribution < 1.29 is 13.9 Å². The fraction of sp³-hybridized carbons (Fsp3) is 0.241.